The van der Waals surface area contributed by atoms with E-state index in [4.69, 9.17) is 10.3 Å². The quantitative estimate of drug-likeness (QED) is 0.851. The van der Waals surface area contributed by atoms with Crippen LogP contribution in [0.4, 0.5) is 5.13 Å². The van der Waals surface area contributed by atoms with Gasteiger partial charge in [0.15, 0.2) is 10.2 Å². The monoisotopic (exact) mass is 269 g/mol. The van der Waals surface area contributed by atoms with Crippen LogP contribution in [0.1, 0.15) is 42.6 Å². The van der Waals surface area contributed by atoms with Crippen LogP contribution < -0.4 is 5.73 Å². The van der Waals surface area contributed by atoms with Gasteiger partial charge in [0, 0.05) is 5.92 Å². The molecule has 2 heterocycles. The molecule has 0 radical (unpaired) electrons. The van der Waals surface area contributed by atoms with Crippen LogP contribution in [0.3, 0.4) is 0 Å². The first-order valence-corrected chi connectivity index (χ1v) is 7.01. The number of hydrogen-bond donors (Lipinski definition) is 1. The van der Waals surface area contributed by atoms with Crippen LogP contribution in [0.25, 0.3) is 0 Å². The number of nitrogen functional groups attached to an aromatic ring is 1. The second-order valence-electron chi connectivity index (χ2n) is 3.93. The molecule has 8 heteroatoms. The van der Waals surface area contributed by atoms with Crippen molar-refractivity contribution in [3.05, 3.63) is 11.7 Å². The Bertz CT molecular complexity index is 521. The van der Waals surface area contributed by atoms with Gasteiger partial charge in [-0.05, 0) is 19.8 Å². The predicted octanol–water partition coefficient (Wildman–Crippen LogP) is 2.23. The molecule has 0 amide bonds. The summed E-state index contributed by atoms with van der Waals surface area (Å²) in [6.45, 7) is 2.01. The largest absolute Gasteiger partial charge is 0.374 e. The molecule has 2 N–H and O–H groups in total. The molecule has 0 bridgehead atoms. The van der Waals surface area contributed by atoms with E-state index in [0.29, 0.717) is 16.9 Å². The van der Waals surface area contributed by atoms with Crippen LogP contribution in [-0.4, -0.2) is 20.3 Å². The highest BCUT2D eigenvalue weighted by Crippen LogP contribution is 2.40. The number of hydrogen-bond acceptors (Lipinski definition) is 8. The minimum atomic E-state index is 0.0716. The maximum absolute atomic E-state index is 5.53. The molecule has 1 saturated carbocycles. The Morgan fingerprint density at radius 1 is 1.47 bits per heavy atom. The third kappa shape index (κ3) is 2.42. The molecule has 1 aliphatic rings. The Balaban J connectivity index is 1.69. The molecular formula is C9H11N5OS2. The molecule has 0 spiro atoms. The SMILES string of the molecule is C[C@@H](Sc1nnc(N)s1)c1nc(C2CC2)no1. The van der Waals surface area contributed by atoms with Crippen molar-refractivity contribution in [1.82, 2.24) is 20.3 Å². The van der Waals surface area contributed by atoms with E-state index in [1.807, 2.05) is 6.92 Å². The normalized spacial score (nSPS) is 17.2. The maximum atomic E-state index is 5.53. The van der Waals surface area contributed by atoms with E-state index < -0.39 is 0 Å². The van der Waals surface area contributed by atoms with E-state index in [-0.39, 0.29) is 5.25 Å². The zero-order chi connectivity index (χ0) is 11.8. The zero-order valence-corrected chi connectivity index (χ0v) is 10.8. The van der Waals surface area contributed by atoms with Gasteiger partial charge in [-0.3, -0.25) is 0 Å². The fraction of sp³-hybridized carbons (Fsp3) is 0.556. The summed E-state index contributed by atoms with van der Waals surface area (Å²) in [6.07, 6.45) is 2.35. The fourth-order valence-corrected chi connectivity index (χ4v) is 3.20. The number of nitrogens with zero attached hydrogens (tertiary/aromatic N) is 4. The van der Waals surface area contributed by atoms with Crippen molar-refractivity contribution in [1.29, 1.82) is 0 Å². The van der Waals surface area contributed by atoms with E-state index in [9.17, 15) is 0 Å². The van der Waals surface area contributed by atoms with E-state index in [2.05, 4.69) is 20.3 Å². The first kappa shape index (κ1) is 11.0. The Labute approximate surface area is 106 Å². The Kier molecular flexibility index (Phi) is 2.75. The first-order chi connectivity index (χ1) is 8.22. The van der Waals surface area contributed by atoms with Gasteiger partial charge >= 0.3 is 0 Å². The van der Waals surface area contributed by atoms with E-state index in [1.165, 1.54) is 35.9 Å². The highest BCUT2D eigenvalue weighted by atomic mass is 32.2. The molecule has 0 saturated heterocycles. The van der Waals surface area contributed by atoms with Gasteiger partial charge in [0.2, 0.25) is 11.0 Å². The molecule has 2 aromatic heterocycles. The molecule has 1 fully saturated rings. The average Bonchev–Trinajstić information content (AvgIpc) is 2.88. The van der Waals surface area contributed by atoms with Crippen molar-refractivity contribution in [2.24, 2.45) is 0 Å². The lowest BCUT2D eigenvalue weighted by Crippen LogP contribution is -1.89. The summed E-state index contributed by atoms with van der Waals surface area (Å²) >= 11 is 2.90. The summed E-state index contributed by atoms with van der Waals surface area (Å²) in [5.41, 5.74) is 5.53. The van der Waals surface area contributed by atoms with E-state index in [1.54, 1.807) is 0 Å². The Hall–Kier alpha value is -1.15. The molecule has 6 nitrogen and oxygen atoms in total. The van der Waals surface area contributed by atoms with Crippen molar-refractivity contribution in [3.63, 3.8) is 0 Å². The molecule has 90 valence electrons. The van der Waals surface area contributed by atoms with E-state index in [0.717, 1.165) is 10.2 Å². The van der Waals surface area contributed by atoms with Gasteiger partial charge in [-0.1, -0.05) is 28.3 Å². The highest BCUT2D eigenvalue weighted by molar-refractivity contribution is 8.01. The lowest BCUT2D eigenvalue weighted by molar-refractivity contribution is 0.375. The molecule has 1 aliphatic carbocycles. The van der Waals surface area contributed by atoms with Crippen LogP contribution in [0.15, 0.2) is 8.86 Å². The van der Waals surface area contributed by atoms with Crippen molar-refractivity contribution in [3.8, 4) is 0 Å². The fourth-order valence-electron chi connectivity index (χ4n) is 1.39. The molecule has 0 unspecified atom stereocenters. The molecule has 2 aromatic rings. The summed E-state index contributed by atoms with van der Waals surface area (Å²) in [7, 11) is 0. The third-order valence-corrected chi connectivity index (χ3v) is 4.37. The molecule has 1 atom stereocenters. The van der Waals surface area contributed by atoms with Crippen molar-refractivity contribution >= 4 is 28.2 Å². The minimum absolute atomic E-state index is 0.0716. The van der Waals surface area contributed by atoms with Gasteiger partial charge in [0.05, 0.1) is 5.25 Å². The lowest BCUT2D eigenvalue weighted by Gasteiger charge is -2.00. The number of aromatic nitrogens is 4. The number of nitrogens with two attached hydrogens (primary N) is 1. The number of rotatable bonds is 4. The third-order valence-electron chi connectivity index (χ3n) is 2.45. The van der Waals surface area contributed by atoms with Crippen molar-refractivity contribution in [2.45, 2.75) is 35.3 Å². The first-order valence-electron chi connectivity index (χ1n) is 5.31. The van der Waals surface area contributed by atoms with Gasteiger partial charge in [0.1, 0.15) is 0 Å². The van der Waals surface area contributed by atoms with Gasteiger partial charge < -0.3 is 10.3 Å². The van der Waals surface area contributed by atoms with E-state index >= 15 is 0 Å². The van der Waals surface area contributed by atoms with Gasteiger partial charge in [-0.25, -0.2) is 0 Å². The van der Waals surface area contributed by atoms with Crippen molar-refractivity contribution in [2.75, 3.05) is 5.73 Å². The summed E-state index contributed by atoms with van der Waals surface area (Å²) in [5.74, 6) is 2.00. The minimum Gasteiger partial charge on any atom is -0.374 e. The van der Waals surface area contributed by atoms with Crippen LogP contribution in [-0.2, 0) is 0 Å². The smallest absolute Gasteiger partial charge is 0.239 e. The van der Waals surface area contributed by atoms with Gasteiger partial charge in [-0.15, -0.1) is 10.2 Å². The highest BCUT2D eigenvalue weighted by Gasteiger charge is 2.29. The van der Waals surface area contributed by atoms with Crippen molar-refractivity contribution < 1.29 is 4.52 Å². The topological polar surface area (TPSA) is 90.7 Å². The number of thioether (sulfide) groups is 1. The second-order valence-corrected chi connectivity index (χ2v) is 6.53. The molecule has 3 rings (SSSR count). The van der Waals surface area contributed by atoms with Crippen LogP contribution in [0.5, 0.6) is 0 Å². The summed E-state index contributed by atoms with van der Waals surface area (Å²) in [4.78, 5) is 4.40. The van der Waals surface area contributed by atoms with Crippen LogP contribution in [0.2, 0.25) is 0 Å². The summed E-state index contributed by atoms with van der Waals surface area (Å²) in [5, 5.41) is 12.3. The predicted molar refractivity (Wildman–Crippen MR) is 64.9 cm³/mol. The zero-order valence-electron chi connectivity index (χ0n) is 9.16. The summed E-state index contributed by atoms with van der Waals surface area (Å²) < 4.78 is 6.07. The summed E-state index contributed by atoms with van der Waals surface area (Å²) in [6, 6.07) is 0. The van der Waals surface area contributed by atoms with Crippen LogP contribution >= 0.6 is 23.1 Å². The molecule has 0 aliphatic heterocycles. The Morgan fingerprint density at radius 2 is 2.29 bits per heavy atom. The van der Waals surface area contributed by atoms with Gasteiger partial charge in [-0.2, -0.15) is 4.98 Å². The Morgan fingerprint density at radius 3 is 2.94 bits per heavy atom. The lowest BCUT2D eigenvalue weighted by atomic mass is 10.4. The molecule has 0 aromatic carbocycles. The number of anilines is 1. The maximum Gasteiger partial charge on any atom is 0.239 e. The van der Waals surface area contributed by atoms with Crippen LogP contribution in [0, 0.1) is 0 Å². The molecular weight excluding hydrogens is 258 g/mol. The second kappa shape index (κ2) is 4.26. The molecule has 17 heavy (non-hydrogen) atoms. The van der Waals surface area contributed by atoms with Gasteiger partial charge in [0.25, 0.3) is 0 Å². The average molecular weight is 269 g/mol. The standard InChI is InChI=1S/C9H11N5OS2/c1-4(16-9-13-12-8(10)17-9)7-11-6(14-15-7)5-2-3-5/h4-5H,2-3H2,1H3,(H2,10,12)/t4-/m1/s1.